The number of phenols is 1. The number of aliphatic hydroxyl groups is 1. The Balaban J connectivity index is 2.17. The lowest BCUT2D eigenvalue weighted by Gasteiger charge is -2.06. The second kappa shape index (κ2) is 5.37. The summed E-state index contributed by atoms with van der Waals surface area (Å²) in [7, 11) is 0. The first-order valence-electron chi connectivity index (χ1n) is 5.43. The number of aromatic hydroxyl groups is 1. The van der Waals surface area contributed by atoms with E-state index in [9.17, 15) is 5.11 Å². The number of rotatable bonds is 4. The van der Waals surface area contributed by atoms with Gasteiger partial charge in [0.05, 0.1) is 6.61 Å². The van der Waals surface area contributed by atoms with Crippen LogP contribution in [0.4, 0.5) is 0 Å². The van der Waals surface area contributed by atoms with Crippen LogP contribution in [0, 0.1) is 0 Å². The number of phenolic OH excluding ortho intramolecular Hbond substituents is 1. The molecule has 3 nitrogen and oxygen atoms in total. The van der Waals surface area contributed by atoms with E-state index in [2.05, 4.69) is 0 Å². The van der Waals surface area contributed by atoms with Gasteiger partial charge in [0.25, 0.3) is 0 Å². The molecule has 2 aromatic carbocycles. The van der Waals surface area contributed by atoms with E-state index in [1.54, 1.807) is 18.2 Å². The third kappa shape index (κ3) is 2.98. The average molecular weight is 230 g/mol. The molecule has 3 heteroatoms. The lowest BCUT2D eigenvalue weighted by atomic mass is 10.1. The summed E-state index contributed by atoms with van der Waals surface area (Å²) in [6.45, 7) is 0.305. The Morgan fingerprint density at radius 3 is 2.35 bits per heavy atom. The van der Waals surface area contributed by atoms with Crippen molar-refractivity contribution in [3.05, 3.63) is 48.5 Å². The summed E-state index contributed by atoms with van der Waals surface area (Å²) in [6.07, 6.45) is 0. The maximum atomic E-state index is 9.39. The highest BCUT2D eigenvalue weighted by molar-refractivity contribution is 5.65. The van der Waals surface area contributed by atoms with Crippen molar-refractivity contribution in [2.75, 3.05) is 13.2 Å². The van der Waals surface area contributed by atoms with Crippen LogP contribution < -0.4 is 4.74 Å². The molecular weight excluding hydrogens is 216 g/mol. The van der Waals surface area contributed by atoms with Gasteiger partial charge in [-0.2, -0.15) is 0 Å². The average Bonchev–Trinajstić information content (AvgIpc) is 2.37. The smallest absolute Gasteiger partial charge is 0.119 e. The van der Waals surface area contributed by atoms with Gasteiger partial charge in [-0.25, -0.2) is 0 Å². The molecule has 2 aromatic rings. The van der Waals surface area contributed by atoms with Crippen LogP contribution in [-0.4, -0.2) is 23.4 Å². The lowest BCUT2D eigenvalue weighted by Crippen LogP contribution is -2.01. The van der Waals surface area contributed by atoms with Crippen LogP contribution in [0.3, 0.4) is 0 Å². The SMILES string of the molecule is OCCOc1ccc(-c2cccc(O)c2)cc1. The zero-order chi connectivity index (χ0) is 12.1. The minimum atomic E-state index is 0.00824. The lowest BCUT2D eigenvalue weighted by molar-refractivity contribution is 0.201. The maximum absolute atomic E-state index is 9.39. The van der Waals surface area contributed by atoms with Crippen molar-refractivity contribution < 1.29 is 14.9 Å². The quantitative estimate of drug-likeness (QED) is 0.848. The molecule has 0 aliphatic heterocycles. The molecule has 0 spiro atoms. The standard InChI is InChI=1S/C14H14O3/c15-8-9-17-14-6-4-11(5-7-14)12-2-1-3-13(16)10-12/h1-7,10,15-16H,8-9H2. The Kier molecular flexibility index (Phi) is 3.62. The van der Waals surface area contributed by atoms with Gasteiger partial charge in [0.2, 0.25) is 0 Å². The number of ether oxygens (including phenoxy) is 1. The van der Waals surface area contributed by atoms with Crippen LogP contribution in [0.1, 0.15) is 0 Å². The van der Waals surface area contributed by atoms with E-state index in [1.807, 2.05) is 30.3 Å². The maximum Gasteiger partial charge on any atom is 0.119 e. The van der Waals surface area contributed by atoms with Crippen LogP contribution in [-0.2, 0) is 0 Å². The van der Waals surface area contributed by atoms with Crippen molar-refractivity contribution in [1.82, 2.24) is 0 Å². The molecule has 0 heterocycles. The van der Waals surface area contributed by atoms with Crippen molar-refractivity contribution in [2.45, 2.75) is 0 Å². The first-order valence-corrected chi connectivity index (χ1v) is 5.43. The largest absolute Gasteiger partial charge is 0.508 e. The summed E-state index contributed by atoms with van der Waals surface area (Å²) in [4.78, 5) is 0. The van der Waals surface area contributed by atoms with E-state index >= 15 is 0 Å². The van der Waals surface area contributed by atoms with Gasteiger partial charge < -0.3 is 14.9 Å². The Bertz CT molecular complexity index is 477. The van der Waals surface area contributed by atoms with Gasteiger partial charge in [-0.05, 0) is 35.4 Å². The molecular formula is C14H14O3. The Morgan fingerprint density at radius 2 is 1.71 bits per heavy atom. The Hall–Kier alpha value is -2.00. The Morgan fingerprint density at radius 1 is 0.941 bits per heavy atom. The number of benzene rings is 2. The van der Waals surface area contributed by atoms with E-state index in [4.69, 9.17) is 9.84 Å². The van der Waals surface area contributed by atoms with Gasteiger partial charge in [0, 0.05) is 0 Å². The first kappa shape index (κ1) is 11.5. The number of hydrogen-bond acceptors (Lipinski definition) is 3. The normalized spacial score (nSPS) is 10.2. The highest BCUT2D eigenvalue weighted by Gasteiger charge is 1.99. The molecule has 0 aliphatic rings. The minimum absolute atomic E-state index is 0.00824. The summed E-state index contributed by atoms with van der Waals surface area (Å²) in [6, 6.07) is 14.6. The van der Waals surface area contributed by atoms with Crippen molar-refractivity contribution in [3.8, 4) is 22.6 Å². The predicted octanol–water partition coefficient (Wildman–Crippen LogP) is 2.43. The molecule has 0 saturated carbocycles. The van der Waals surface area contributed by atoms with Gasteiger partial charge in [-0.15, -0.1) is 0 Å². The van der Waals surface area contributed by atoms with Gasteiger partial charge in [0.1, 0.15) is 18.1 Å². The van der Waals surface area contributed by atoms with Gasteiger partial charge >= 0.3 is 0 Å². The topological polar surface area (TPSA) is 49.7 Å². The molecule has 0 atom stereocenters. The van der Waals surface area contributed by atoms with Crippen molar-refractivity contribution in [3.63, 3.8) is 0 Å². The fourth-order valence-corrected chi connectivity index (χ4v) is 1.59. The monoisotopic (exact) mass is 230 g/mol. The fraction of sp³-hybridized carbons (Fsp3) is 0.143. The third-order valence-corrected chi connectivity index (χ3v) is 2.39. The predicted molar refractivity (Wildman–Crippen MR) is 66.1 cm³/mol. The van der Waals surface area contributed by atoms with Crippen LogP contribution in [0.25, 0.3) is 11.1 Å². The summed E-state index contributed by atoms with van der Waals surface area (Å²) < 4.78 is 5.27. The second-order valence-electron chi connectivity index (χ2n) is 3.65. The molecule has 0 saturated heterocycles. The van der Waals surface area contributed by atoms with E-state index in [1.165, 1.54) is 0 Å². The van der Waals surface area contributed by atoms with Gasteiger partial charge in [-0.3, -0.25) is 0 Å². The van der Waals surface area contributed by atoms with Gasteiger partial charge in [0.15, 0.2) is 0 Å². The highest BCUT2D eigenvalue weighted by Crippen LogP contribution is 2.25. The van der Waals surface area contributed by atoms with Crippen LogP contribution in [0.5, 0.6) is 11.5 Å². The van der Waals surface area contributed by atoms with E-state index in [-0.39, 0.29) is 12.4 Å². The van der Waals surface area contributed by atoms with Crippen molar-refractivity contribution in [1.29, 1.82) is 0 Å². The molecule has 17 heavy (non-hydrogen) atoms. The van der Waals surface area contributed by atoms with Crippen LogP contribution >= 0.6 is 0 Å². The molecule has 2 rings (SSSR count). The molecule has 0 unspecified atom stereocenters. The molecule has 2 N–H and O–H groups in total. The van der Waals surface area contributed by atoms with Crippen LogP contribution in [0.15, 0.2) is 48.5 Å². The minimum Gasteiger partial charge on any atom is -0.508 e. The van der Waals surface area contributed by atoms with E-state index in [0.717, 1.165) is 16.9 Å². The first-order chi connectivity index (χ1) is 8.29. The van der Waals surface area contributed by atoms with E-state index < -0.39 is 0 Å². The molecule has 88 valence electrons. The number of hydrogen-bond donors (Lipinski definition) is 2. The van der Waals surface area contributed by atoms with Crippen molar-refractivity contribution in [2.24, 2.45) is 0 Å². The second-order valence-corrected chi connectivity index (χ2v) is 3.65. The van der Waals surface area contributed by atoms with Crippen molar-refractivity contribution >= 4 is 0 Å². The molecule has 0 fully saturated rings. The Labute approximate surface area is 99.9 Å². The summed E-state index contributed by atoms with van der Waals surface area (Å²) in [5.41, 5.74) is 1.97. The highest BCUT2D eigenvalue weighted by atomic mass is 16.5. The summed E-state index contributed by atoms with van der Waals surface area (Å²) >= 11 is 0. The molecule has 0 amide bonds. The zero-order valence-corrected chi connectivity index (χ0v) is 9.34. The summed E-state index contributed by atoms with van der Waals surface area (Å²) in [5.74, 6) is 0.978. The third-order valence-electron chi connectivity index (χ3n) is 2.39. The molecule has 0 aliphatic carbocycles. The van der Waals surface area contributed by atoms with Crippen LogP contribution in [0.2, 0.25) is 0 Å². The molecule has 0 radical (unpaired) electrons. The molecule has 0 aromatic heterocycles. The number of aliphatic hydroxyl groups excluding tert-OH is 1. The zero-order valence-electron chi connectivity index (χ0n) is 9.34. The summed E-state index contributed by atoms with van der Waals surface area (Å²) in [5, 5.41) is 18.0. The fourth-order valence-electron chi connectivity index (χ4n) is 1.59. The van der Waals surface area contributed by atoms with Gasteiger partial charge in [-0.1, -0.05) is 24.3 Å². The van der Waals surface area contributed by atoms with E-state index in [0.29, 0.717) is 6.61 Å². The molecule has 0 bridgehead atoms.